The zero-order valence-electron chi connectivity index (χ0n) is 12.0. The fraction of sp³-hybridized carbons (Fsp3) is 0.286. The zero-order chi connectivity index (χ0) is 16.4. The summed E-state index contributed by atoms with van der Waals surface area (Å²) in [4.78, 5) is 12.7. The molecular weight excluding hydrogens is 343 g/mol. The van der Waals surface area contributed by atoms with Crippen LogP contribution in [0.3, 0.4) is 0 Å². The van der Waals surface area contributed by atoms with Gasteiger partial charge in [-0.2, -0.15) is 0 Å². The largest absolute Gasteiger partial charge is 0.378 e. The van der Waals surface area contributed by atoms with Crippen LogP contribution >= 0.6 is 23.2 Å². The first-order valence-electron chi connectivity index (χ1n) is 6.98. The quantitative estimate of drug-likeness (QED) is 0.492. The average Bonchev–Trinajstić information content (AvgIpc) is 2.98. The van der Waals surface area contributed by atoms with Crippen molar-refractivity contribution in [3.05, 3.63) is 56.1 Å². The highest BCUT2D eigenvalue weighted by molar-refractivity contribution is 6.40. The number of fused-ring (bicyclic) bond motifs is 1. The Balaban J connectivity index is 1.96. The van der Waals surface area contributed by atoms with Crippen LogP contribution in [0.1, 0.15) is 0 Å². The third-order valence-electron chi connectivity index (χ3n) is 3.54. The summed E-state index contributed by atoms with van der Waals surface area (Å²) in [5, 5.41) is 17.5. The maximum absolute atomic E-state index is 11.5. The van der Waals surface area contributed by atoms with Crippen LogP contribution in [0.15, 0.2) is 46.0 Å². The van der Waals surface area contributed by atoms with Crippen molar-refractivity contribution in [2.45, 2.75) is 0 Å². The summed E-state index contributed by atoms with van der Waals surface area (Å²) in [5.74, 6) is 0.201. The molecular formula is C14H14Cl2N4O3. The first-order chi connectivity index (χ1) is 11.1. The minimum Gasteiger partial charge on any atom is -0.378 e. The highest BCUT2D eigenvalue weighted by atomic mass is 35.5. The fourth-order valence-corrected chi connectivity index (χ4v) is 2.94. The summed E-state index contributed by atoms with van der Waals surface area (Å²) in [6.07, 6.45) is 0. The van der Waals surface area contributed by atoms with E-state index in [1.807, 2.05) is 24.3 Å². The monoisotopic (exact) mass is 356 g/mol. The predicted octanol–water partition coefficient (Wildman–Crippen LogP) is 2.95. The number of benzene rings is 1. The predicted molar refractivity (Wildman–Crippen MR) is 88.8 cm³/mol. The summed E-state index contributed by atoms with van der Waals surface area (Å²) >= 11 is 12.5. The van der Waals surface area contributed by atoms with E-state index in [1.54, 1.807) is 4.90 Å². The first-order valence-corrected chi connectivity index (χ1v) is 7.73. The second-order valence-electron chi connectivity index (χ2n) is 4.98. The molecule has 3 rings (SSSR count). The third kappa shape index (κ3) is 3.21. The molecule has 1 aromatic carbocycles. The van der Waals surface area contributed by atoms with Gasteiger partial charge in [-0.3, -0.25) is 10.1 Å². The molecule has 2 N–H and O–H groups in total. The van der Waals surface area contributed by atoms with Gasteiger partial charge in [0.15, 0.2) is 10.9 Å². The number of anilines is 2. The molecule has 7 nitrogen and oxygen atoms in total. The lowest BCUT2D eigenvalue weighted by Gasteiger charge is -2.28. The van der Waals surface area contributed by atoms with E-state index in [9.17, 15) is 10.1 Å². The molecule has 9 heteroatoms. The van der Waals surface area contributed by atoms with Crippen molar-refractivity contribution in [1.29, 1.82) is 0 Å². The molecule has 0 amide bonds. The zero-order valence-corrected chi connectivity index (χ0v) is 13.5. The number of allylic oxidation sites excluding steroid dienone is 1. The van der Waals surface area contributed by atoms with Gasteiger partial charge in [0, 0.05) is 13.1 Å². The number of morpholine rings is 1. The first kappa shape index (κ1) is 15.9. The molecule has 1 aromatic rings. The maximum Gasteiger partial charge on any atom is 0.331 e. The molecule has 2 aliphatic rings. The lowest BCUT2D eigenvalue weighted by atomic mass is 10.3. The number of ether oxygens (including phenoxy) is 1. The lowest BCUT2D eigenvalue weighted by Crippen LogP contribution is -2.35. The smallest absolute Gasteiger partial charge is 0.331 e. The molecule has 23 heavy (non-hydrogen) atoms. The van der Waals surface area contributed by atoms with Crippen LogP contribution in [-0.4, -0.2) is 36.1 Å². The van der Waals surface area contributed by atoms with Crippen LogP contribution in [0.5, 0.6) is 0 Å². The molecule has 122 valence electrons. The van der Waals surface area contributed by atoms with Gasteiger partial charge >= 0.3 is 5.70 Å². The van der Waals surface area contributed by atoms with Crippen molar-refractivity contribution < 1.29 is 9.66 Å². The van der Waals surface area contributed by atoms with Crippen LogP contribution in [0.2, 0.25) is 0 Å². The van der Waals surface area contributed by atoms with Gasteiger partial charge < -0.3 is 20.3 Å². The Labute approximate surface area is 142 Å². The van der Waals surface area contributed by atoms with Crippen molar-refractivity contribution in [3.8, 4) is 0 Å². The normalized spacial score (nSPS) is 17.8. The van der Waals surface area contributed by atoms with Crippen molar-refractivity contribution >= 4 is 34.6 Å². The van der Waals surface area contributed by atoms with E-state index >= 15 is 0 Å². The van der Waals surface area contributed by atoms with E-state index in [4.69, 9.17) is 27.9 Å². The summed E-state index contributed by atoms with van der Waals surface area (Å²) in [5.41, 5.74) is 1.20. The molecule has 1 fully saturated rings. The Kier molecular flexibility index (Phi) is 4.61. The number of para-hydroxylation sites is 2. The number of nitrogens with one attached hydrogen (secondary N) is 2. The van der Waals surface area contributed by atoms with Gasteiger partial charge in [-0.25, -0.2) is 0 Å². The van der Waals surface area contributed by atoms with Gasteiger partial charge in [-0.15, -0.1) is 0 Å². The molecule has 0 radical (unpaired) electrons. The van der Waals surface area contributed by atoms with Crippen molar-refractivity contribution in [2.24, 2.45) is 0 Å². The number of rotatable bonds is 3. The lowest BCUT2D eigenvalue weighted by molar-refractivity contribution is -0.420. The van der Waals surface area contributed by atoms with E-state index in [2.05, 4.69) is 10.6 Å². The van der Waals surface area contributed by atoms with E-state index in [0.717, 1.165) is 11.4 Å². The van der Waals surface area contributed by atoms with Crippen LogP contribution in [0, 0.1) is 10.1 Å². The van der Waals surface area contributed by atoms with Gasteiger partial charge in [0.1, 0.15) is 5.16 Å². The van der Waals surface area contributed by atoms with Crippen LogP contribution in [-0.2, 0) is 4.74 Å². The van der Waals surface area contributed by atoms with E-state index < -0.39 is 4.92 Å². The molecule has 2 aliphatic heterocycles. The Morgan fingerprint density at radius 1 is 1.17 bits per heavy atom. The second kappa shape index (κ2) is 6.66. The van der Waals surface area contributed by atoms with Gasteiger partial charge in [-0.1, -0.05) is 35.3 Å². The van der Waals surface area contributed by atoms with Crippen molar-refractivity contribution in [1.82, 2.24) is 4.90 Å². The average molecular weight is 357 g/mol. The van der Waals surface area contributed by atoms with E-state index in [0.29, 0.717) is 26.3 Å². The molecule has 0 spiro atoms. The molecule has 0 aliphatic carbocycles. The molecule has 0 aromatic heterocycles. The van der Waals surface area contributed by atoms with Gasteiger partial charge in [0.05, 0.1) is 29.5 Å². The molecule has 0 bridgehead atoms. The Morgan fingerprint density at radius 3 is 2.26 bits per heavy atom. The molecule has 2 heterocycles. The SMILES string of the molecule is O=[N+]([O-])C(=C1Nc2ccccc2N1)/C(Cl)=C(/Cl)N1CCOCC1. The fourth-order valence-electron chi connectivity index (χ4n) is 2.40. The maximum atomic E-state index is 11.5. The van der Waals surface area contributed by atoms with Gasteiger partial charge in [0.25, 0.3) is 0 Å². The van der Waals surface area contributed by atoms with Crippen molar-refractivity contribution in [2.75, 3.05) is 36.9 Å². The summed E-state index contributed by atoms with van der Waals surface area (Å²) in [7, 11) is 0. The minimum absolute atomic E-state index is 0.110. The summed E-state index contributed by atoms with van der Waals surface area (Å²) < 4.78 is 5.24. The van der Waals surface area contributed by atoms with Gasteiger partial charge in [0.2, 0.25) is 0 Å². The third-order valence-corrected chi connectivity index (χ3v) is 4.43. The second-order valence-corrected chi connectivity index (χ2v) is 5.72. The highest BCUT2D eigenvalue weighted by Crippen LogP contribution is 2.35. The van der Waals surface area contributed by atoms with Crippen LogP contribution < -0.4 is 10.6 Å². The van der Waals surface area contributed by atoms with Crippen LogP contribution in [0.25, 0.3) is 0 Å². The standard InChI is InChI=1S/C14H14Cl2N4O3/c15-11(13(16)19-5-7-23-8-6-19)12(20(21)22)14-17-9-3-1-2-4-10(9)18-14/h1-4,17-18H,5-8H2/b13-11+. The van der Waals surface area contributed by atoms with Crippen LogP contribution in [0.4, 0.5) is 11.4 Å². The Morgan fingerprint density at radius 2 is 1.74 bits per heavy atom. The summed E-state index contributed by atoms with van der Waals surface area (Å²) in [6.45, 7) is 2.09. The molecule has 0 saturated carbocycles. The topological polar surface area (TPSA) is 79.7 Å². The number of nitro groups is 1. The van der Waals surface area contributed by atoms with Crippen molar-refractivity contribution in [3.63, 3.8) is 0 Å². The Bertz CT molecular complexity index is 672. The van der Waals surface area contributed by atoms with E-state index in [-0.39, 0.29) is 21.7 Å². The minimum atomic E-state index is -0.549. The van der Waals surface area contributed by atoms with E-state index in [1.165, 1.54) is 0 Å². The van der Waals surface area contributed by atoms with Gasteiger partial charge in [-0.05, 0) is 12.1 Å². The number of halogens is 2. The summed E-state index contributed by atoms with van der Waals surface area (Å²) in [6, 6.07) is 7.29. The number of hydrogen-bond acceptors (Lipinski definition) is 6. The Hall–Kier alpha value is -1.96. The number of nitrogens with zero attached hydrogens (tertiary/aromatic N) is 2. The number of hydrogen-bond donors (Lipinski definition) is 2. The molecule has 1 saturated heterocycles. The molecule has 0 unspecified atom stereocenters. The highest BCUT2D eigenvalue weighted by Gasteiger charge is 2.31. The molecule has 0 atom stereocenters.